The van der Waals surface area contributed by atoms with E-state index in [0.717, 1.165) is 30.2 Å². The minimum absolute atomic E-state index is 0. The molecule has 0 bridgehead atoms. The Bertz CT molecular complexity index is 599. The van der Waals surface area contributed by atoms with Gasteiger partial charge in [-0.2, -0.15) is 9.97 Å². The van der Waals surface area contributed by atoms with Crippen LogP contribution in [0.2, 0.25) is 5.28 Å². The highest BCUT2D eigenvalue weighted by atomic mass is 35.5. The Morgan fingerprint density at radius 2 is 2.10 bits per heavy atom. The van der Waals surface area contributed by atoms with Gasteiger partial charge in [-0.25, -0.2) is 4.98 Å². The Morgan fingerprint density at radius 3 is 2.75 bits per heavy atom. The monoisotopic (exact) mass is 337 g/mol. The lowest BCUT2D eigenvalue weighted by atomic mass is 10.1. The quantitative estimate of drug-likeness (QED) is 0.682. The van der Waals surface area contributed by atoms with Gasteiger partial charge in [0.2, 0.25) is 5.28 Å². The number of anilines is 1. The van der Waals surface area contributed by atoms with Crippen LogP contribution in [0.4, 0.5) is 5.82 Å². The van der Waals surface area contributed by atoms with E-state index in [1.807, 2.05) is 0 Å². The second kappa shape index (κ2) is 6.30. The summed E-state index contributed by atoms with van der Waals surface area (Å²) < 4.78 is 5.26. The molecule has 1 aliphatic rings. The van der Waals surface area contributed by atoms with Crippen molar-refractivity contribution in [1.29, 1.82) is 0 Å². The van der Waals surface area contributed by atoms with Crippen molar-refractivity contribution in [3.05, 3.63) is 11.1 Å². The molecular weight excluding hydrogens is 325 g/mol. The van der Waals surface area contributed by atoms with Gasteiger partial charge in [0.05, 0.1) is 6.10 Å². The van der Waals surface area contributed by atoms with E-state index < -0.39 is 0 Å². The molecule has 0 aromatic carbocycles. The first-order valence-electron chi connectivity index (χ1n) is 5.97. The molecule has 0 aliphatic carbocycles. The third-order valence-corrected chi connectivity index (χ3v) is 3.52. The van der Waals surface area contributed by atoms with Gasteiger partial charge in [-0.1, -0.05) is 0 Å². The van der Waals surface area contributed by atoms with E-state index in [4.69, 9.17) is 27.9 Å². The minimum Gasteiger partial charge on any atom is -0.378 e. The van der Waals surface area contributed by atoms with Gasteiger partial charge in [0, 0.05) is 32.5 Å². The number of aryl methyl sites for hydroxylation is 1. The summed E-state index contributed by atoms with van der Waals surface area (Å²) in [4.78, 5) is 18.1. The van der Waals surface area contributed by atoms with Crippen LogP contribution in [-0.4, -0.2) is 52.1 Å². The molecule has 110 valence electrons. The summed E-state index contributed by atoms with van der Waals surface area (Å²) in [5.41, 5.74) is 1.38. The molecule has 1 N–H and O–H groups in total. The number of alkyl halides is 1. The van der Waals surface area contributed by atoms with Crippen molar-refractivity contribution in [3.8, 4) is 0 Å². The summed E-state index contributed by atoms with van der Waals surface area (Å²) in [6.45, 7) is 1.58. The van der Waals surface area contributed by atoms with Crippen LogP contribution >= 0.6 is 35.6 Å². The van der Waals surface area contributed by atoms with Crippen LogP contribution in [0.15, 0.2) is 0 Å². The van der Waals surface area contributed by atoms with E-state index in [-0.39, 0.29) is 23.8 Å². The number of fused-ring (bicyclic) bond motifs is 1. The number of rotatable bonds is 4. The number of methoxy groups -OCH3 is 1. The molecule has 9 heteroatoms. The minimum atomic E-state index is 0. The fourth-order valence-electron chi connectivity index (χ4n) is 2.09. The molecular formula is C11H14Cl3N5O. The van der Waals surface area contributed by atoms with E-state index in [9.17, 15) is 0 Å². The molecule has 2 aromatic heterocycles. The van der Waals surface area contributed by atoms with E-state index in [1.165, 1.54) is 0 Å². The molecule has 3 heterocycles. The third-order valence-electron chi connectivity index (χ3n) is 3.16. The Hall–Kier alpha value is -0.820. The van der Waals surface area contributed by atoms with Crippen molar-refractivity contribution in [2.75, 3.05) is 31.0 Å². The predicted octanol–water partition coefficient (Wildman–Crippen LogP) is 2.04. The molecule has 0 amide bonds. The summed E-state index contributed by atoms with van der Waals surface area (Å²) >= 11 is 11.7. The number of imidazole rings is 1. The number of aromatic nitrogens is 4. The molecule has 0 saturated carbocycles. The summed E-state index contributed by atoms with van der Waals surface area (Å²) in [5, 5.41) is 0.212. The maximum atomic E-state index is 5.95. The highest BCUT2D eigenvalue weighted by Gasteiger charge is 2.30. The van der Waals surface area contributed by atoms with Crippen LogP contribution < -0.4 is 4.90 Å². The second-order valence-corrected chi connectivity index (χ2v) is 5.11. The van der Waals surface area contributed by atoms with Crippen molar-refractivity contribution >= 4 is 52.6 Å². The maximum Gasteiger partial charge on any atom is 0.226 e. The standard InChI is InChI=1S/C11H13Cl2N5O.ClH/c1-19-6-4-18(5-6)10-8-9(16-11(13)17-10)15-7(14-8)2-3-12;/h6H,2-5H2,1H3,(H,14,15,16,17);1H. The third kappa shape index (κ3) is 2.79. The lowest BCUT2D eigenvalue weighted by Gasteiger charge is -2.38. The molecule has 6 nitrogen and oxygen atoms in total. The van der Waals surface area contributed by atoms with Crippen LogP contribution in [0.3, 0.4) is 0 Å². The Morgan fingerprint density at radius 1 is 1.35 bits per heavy atom. The molecule has 0 spiro atoms. The van der Waals surface area contributed by atoms with Gasteiger partial charge in [-0.15, -0.1) is 24.0 Å². The van der Waals surface area contributed by atoms with E-state index in [2.05, 4.69) is 24.8 Å². The fraction of sp³-hybridized carbons (Fsp3) is 0.545. The molecule has 0 unspecified atom stereocenters. The van der Waals surface area contributed by atoms with Crippen molar-refractivity contribution in [1.82, 2.24) is 19.9 Å². The lowest BCUT2D eigenvalue weighted by Crippen LogP contribution is -2.52. The van der Waals surface area contributed by atoms with E-state index >= 15 is 0 Å². The first kappa shape index (κ1) is 15.6. The van der Waals surface area contributed by atoms with Crippen LogP contribution in [-0.2, 0) is 11.2 Å². The Balaban J connectivity index is 0.00000147. The maximum absolute atomic E-state index is 5.95. The van der Waals surface area contributed by atoms with Gasteiger partial charge in [0.1, 0.15) is 5.82 Å². The molecule has 20 heavy (non-hydrogen) atoms. The molecule has 2 aromatic rings. The van der Waals surface area contributed by atoms with Crippen LogP contribution in [0.25, 0.3) is 11.2 Å². The highest BCUT2D eigenvalue weighted by Crippen LogP contribution is 2.28. The molecule has 0 radical (unpaired) electrons. The Labute approximate surface area is 132 Å². The molecule has 1 saturated heterocycles. The van der Waals surface area contributed by atoms with Crippen molar-refractivity contribution < 1.29 is 4.74 Å². The van der Waals surface area contributed by atoms with E-state index in [1.54, 1.807) is 7.11 Å². The van der Waals surface area contributed by atoms with Gasteiger partial charge in [0.15, 0.2) is 17.0 Å². The number of H-pyrrole nitrogens is 1. The largest absolute Gasteiger partial charge is 0.378 e. The zero-order chi connectivity index (χ0) is 13.4. The van der Waals surface area contributed by atoms with Gasteiger partial charge in [0.25, 0.3) is 0 Å². The number of nitrogens with one attached hydrogen (secondary N) is 1. The number of aromatic amines is 1. The van der Waals surface area contributed by atoms with Crippen LogP contribution in [0.1, 0.15) is 5.82 Å². The van der Waals surface area contributed by atoms with Crippen LogP contribution in [0, 0.1) is 0 Å². The summed E-state index contributed by atoms with van der Waals surface area (Å²) in [5.74, 6) is 2.05. The zero-order valence-electron chi connectivity index (χ0n) is 10.8. The molecule has 1 aliphatic heterocycles. The molecule has 3 rings (SSSR count). The summed E-state index contributed by atoms with van der Waals surface area (Å²) in [7, 11) is 1.71. The summed E-state index contributed by atoms with van der Waals surface area (Å²) in [6.07, 6.45) is 0.903. The normalized spacial score (nSPS) is 15.2. The van der Waals surface area contributed by atoms with Crippen molar-refractivity contribution in [2.24, 2.45) is 0 Å². The van der Waals surface area contributed by atoms with Gasteiger partial charge in [-0.05, 0) is 11.6 Å². The first-order chi connectivity index (χ1) is 9.21. The molecule has 0 atom stereocenters. The van der Waals surface area contributed by atoms with Gasteiger partial charge < -0.3 is 14.6 Å². The van der Waals surface area contributed by atoms with Crippen LogP contribution in [0.5, 0.6) is 0 Å². The average molecular weight is 339 g/mol. The number of hydrogen-bond acceptors (Lipinski definition) is 5. The van der Waals surface area contributed by atoms with Crippen molar-refractivity contribution in [2.45, 2.75) is 12.5 Å². The topological polar surface area (TPSA) is 66.9 Å². The SMILES string of the molecule is COC1CN(c2nc(Cl)nc3[nH]c(CCCl)nc23)C1.Cl. The smallest absolute Gasteiger partial charge is 0.226 e. The number of nitrogens with zero attached hydrogens (tertiary/aromatic N) is 4. The van der Waals surface area contributed by atoms with Crippen molar-refractivity contribution in [3.63, 3.8) is 0 Å². The first-order valence-corrected chi connectivity index (χ1v) is 6.88. The lowest BCUT2D eigenvalue weighted by molar-refractivity contribution is 0.0784. The number of halogens is 3. The number of ether oxygens (including phenoxy) is 1. The van der Waals surface area contributed by atoms with Gasteiger partial charge in [-0.3, -0.25) is 0 Å². The van der Waals surface area contributed by atoms with Gasteiger partial charge >= 0.3 is 0 Å². The second-order valence-electron chi connectivity index (χ2n) is 4.40. The fourth-order valence-corrected chi connectivity index (χ4v) is 2.44. The highest BCUT2D eigenvalue weighted by molar-refractivity contribution is 6.28. The Kier molecular flexibility index (Phi) is 4.90. The average Bonchev–Trinajstić information content (AvgIpc) is 2.70. The predicted molar refractivity (Wildman–Crippen MR) is 81.4 cm³/mol. The summed E-state index contributed by atoms with van der Waals surface area (Å²) in [6, 6.07) is 0. The molecule has 1 fully saturated rings. The zero-order valence-corrected chi connectivity index (χ0v) is 13.1. The van der Waals surface area contributed by atoms with E-state index in [0.29, 0.717) is 17.9 Å². The number of hydrogen-bond donors (Lipinski definition) is 1.